The number of aryl methyl sites for hydroxylation is 1. The van der Waals surface area contributed by atoms with E-state index < -0.39 is 0 Å². The number of hydrogen-bond donors (Lipinski definition) is 3. The Bertz CT molecular complexity index is 1380. The molecule has 3 fully saturated rings. The number of nitrogen functional groups attached to an aromatic ring is 1. The summed E-state index contributed by atoms with van der Waals surface area (Å²) in [6.07, 6.45) is 8.13. The largest absolute Gasteiger partial charge is 0.495 e. The van der Waals surface area contributed by atoms with E-state index in [9.17, 15) is 5.11 Å². The number of likely N-dealkylation sites (N-methyl/N-ethyl adjacent to an activating group) is 1. The summed E-state index contributed by atoms with van der Waals surface area (Å²) in [5.41, 5.74) is 11.6. The first-order valence-corrected chi connectivity index (χ1v) is 15.7. The Balaban J connectivity index is 1.26. The molecule has 3 aromatic rings. The summed E-state index contributed by atoms with van der Waals surface area (Å²) in [6, 6.07) is 7.35. The van der Waals surface area contributed by atoms with E-state index >= 15 is 0 Å². The summed E-state index contributed by atoms with van der Waals surface area (Å²) in [5.74, 6) is 2.04. The molecular formula is C32H46N8O2. The summed E-state index contributed by atoms with van der Waals surface area (Å²) in [7, 11) is 3.96. The van der Waals surface area contributed by atoms with Gasteiger partial charge in [0.15, 0.2) is 5.82 Å². The van der Waals surface area contributed by atoms with Gasteiger partial charge in [0.25, 0.3) is 0 Å². The predicted octanol–water partition coefficient (Wildman–Crippen LogP) is 3.78. The number of nitrogens with one attached hydrogen (secondary N) is 1. The van der Waals surface area contributed by atoms with Gasteiger partial charge in [-0.25, -0.2) is 15.0 Å². The summed E-state index contributed by atoms with van der Waals surface area (Å²) in [6.45, 7) is 8.80. The third-order valence-electron chi connectivity index (χ3n) is 9.52. The van der Waals surface area contributed by atoms with E-state index in [0.29, 0.717) is 17.4 Å². The molecule has 4 N–H and O–H groups in total. The zero-order valence-corrected chi connectivity index (χ0v) is 25.3. The molecule has 2 saturated heterocycles. The van der Waals surface area contributed by atoms with Crippen LogP contribution in [0.5, 0.6) is 5.75 Å². The van der Waals surface area contributed by atoms with E-state index in [4.69, 9.17) is 20.4 Å². The van der Waals surface area contributed by atoms with Gasteiger partial charge in [0, 0.05) is 63.1 Å². The summed E-state index contributed by atoms with van der Waals surface area (Å²) in [5, 5.41) is 13.6. The van der Waals surface area contributed by atoms with Gasteiger partial charge in [-0.05, 0) is 69.7 Å². The second kappa shape index (κ2) is 12.6. The Morgan fingerprint density at radius 1 is 0.976 bits per heavy atom. The SMILES string of the molecule is CCc1nc2c(N)ncc(-c3ccc(N4CCC(N5CCN(C)CC5)CC4)c(OC)c3)c2nc1N[C@H]1CC[C@H](O)CC1. The molecule has 0 radical (unpaired) electrons. The molecule has 1 saturated carbocycles. The average molecular weight is 575 g/mol. The van der Waals surface area contributed by atoms with Crippen molar-refractivity contribution in [3.05, 3.63) is 30.1 Å². The molecule has 3 aliphatic rings. The number of aliphatic hydroxyl groups excluding tert-OH is 1. The lowest BCUT2D eigenvalue weighted by Gasteiger charge is -2.42. The zero-order chi connectivity index (χ0) is 29.2. The Hall–Kier alpha value is -3.21. The van der Waals surface area contributed by atoms with Crippen LogP contribution >= 0.6 is 0 Å². The highest BCUT2D eigenvalue weighted by Crippen LogP contribution is 2.38. The van der Waals surface area contributed by atoms with E-state index in [1.807, 2.05) is 0 Å². The van der Waals surface area contributed by atoms with Crippen molar-refractivity contribution in [2.75, 3.05) is 69.4 Å². The number of pyridine rings is 1. The normalized spacial score (nSPS) is 22.9. The maximum atomic E-state index is 9.95. The fourth-order valence-corrected chi connectivity index (χ4v) is 6.85. The van der Waals surface area contributed by atoms with Gasteiger partial charge in [-0.2, -0.15) is 0 Å². The van der Waals surface area contributed by atoms with Gasteiger partial charge in [0.1, 0.15) is 22.6 Å². The minimum Gasteiger partial charge on any atom is -0.495 e. The summed E-state index contributed by atoms with van der Waals surface area (Å²) < 4.78 is 5.95. The first-order chi connectivity index (χ1) is 20.4. The molecule has 4 heterocycles. The molecule has 0 unspecified atom stereocenters. The lowest BCUT2D eigenvalue weighted by atomic mass is 9.93. The van der Waals surface area contributed by atoms with Crippen LogP contribution in [0.4, 0.5) is 17.3 Å². The molecule has 1 aromatic carbocycles. The zero-order valence-electron chi connectivity index (χ0n) is 25.3. The average Bonchev–Trinajstić information content (AvgIpc) is 3.02. The number of hydrogen-bond acceptors (Lipinski definition) is 10. The first-order valence-electron chi connectivity index (χ1n) is 15.7. The maximum Gasteiger partial charge on any atom is 0.151 e. The van der Waals surface area contributed by atoms with E-state index in [1.54, 1.807) is 13.3 Å². The van der Waals surface area contributed by atoms with E-state index in [1.165, 1.54) is 25.9 Å². The highest BCUT2D eigenvalue weighted by atomic mass is 16.5. The quantitative estimate of drug-likeness (QED) is 0.385. The van der Waals surface area contributed by atoms with E-state index in [2.05, 4.69) is 57.2 Å². The minimum absolute atomic E-state index is 0.199. The first kappa shape index (κ1) is 28.9. The van der Waals surface area contributed by atoms with Gasteiger partial charge < -0.3 is 30.7 Å². The number of aromatic nitrogens is 3. The van der Waals surface area contributed by atoms with Crippen LogP contribution in [-0.2, 0) is 6.42 Å². The Morgan fingerprint density at radius 2 is 1.71 bits per heavy atom. The molecule has 0 amide bonds. The van der Waals surface area contributed by atoms with Gasteiger partial charge >= 0.3 is 0 Å². The van der Waals surface area contributed by atoms with Crippen molar-refractivity contribution < 1.29 is 9.84 Å². The third kappa shape index (κ3) is 5.98. The number of nitrogens with zero attached hydrogens (tertiary/aromatic N) is 6. The maximum absolute atomic E-state index is 9.95. The summed E-state index contributed by atoms with van der Waals surface area (Å²) in [4.78, 5) is 22.1. The molecule has 2 aliphatic heterocycles. The molecule has 10 heteroatoms. The number of aliphatic hydroxyl groups is 1. The number of benzene rings is 1. The monoisotopic (exact) mass is 574 g/mol. The van der Waals surface area contributed by atoms with Crippen molar-refractivity contribution in [3.8, 4) is 16.9 Å². The Morgan fingerprint density at radius 3 is 2.40 bits per heavy atom. The van der Waals surface area contributed by atoms with Crippen LogP contribution in [0, 0.1) is 0 Å². The van der Waals surface area contributed by atoms with Gasteiger partial charge in [0.05, 0.1) is 24.6 Å². The summed E-state index contributed by atoms with van der Waals surface area (Å²) >= 11 is 0. The fourth-order valence-electron chi connectivity index (χ4n) is 6.85. The molecule has 2 aromatic heterocycles. The third-order valence-corrected chi connectivity index (χ3v) is 9.52. The van der Waals surface area contributed by atoms with Crippen LogP contribution < -0.4 is 20.7 Å². The number of rotatable bonds is 7. The van der Waals surface area contributed by atoms with Crippen molar-refractivity contribution >= 4 is 28.4 Å². The van der Waals surface area contributed by atoms with Gasteiger partial charge in [-0.15, -0.1) is 0 Å². The molecule has 42 heavy (non-hydrogen) atoms. The van der Waals surface area contributed by atoms with Gasteiger partial charge in [-0.1, -0.05) is 13.0 Å². The topological polar surface area (TPSA) is 116 Å². The second-order valence-electron chi connectivity index (χ2n) is 12.2. The van der Waals surface area contributed by atoms with E-state index in [-0.39, 0.29) is 12.1 Å². The number of fused-ring (bicyclic) bond motifs is 1. The molecule has 10 nitrogen and oxygen atoms in total. The second-order valence-corrected chi connectivity index (χ2v) is 12.2. The number of ether oxygens (including phenoxy) is 1. The molecule has 1 aliphatic carbocycles. The molecule has 226 valence electrons. The van der Waals surface area contributed by atoms with Gasteiger partial charge in [-0.3, -0.25) is 4.90 Å². The Labute approximate surface area is 249 Å². The van der Waals surface area contributed by atoms with Crippen LogP contribution in [0.15, 0.2) is 24.4 Å². The highest BCUT2D eigenvalue weighted by Gasteiger charge is 2.28. The van der Waals surface area contributed by atoms with Crippen molar-refractivity contribution in [1.82, 2.24) is 24.8 Å². The molecular weight excluding hydrogens is 528 g/mol. The van der Waals surface area contributed by atoms with Crippen molar-refractivity contribution in [1.29, 1.82) is 0 Å². The number of methoxy groups -OCH3 is 1. The van der Waals surface area contributed by atoms with Crippen LogP contribution in [0.1, 0.15) is 51.1 Å². The molecule has 6 rings (SSSR count). The van der Waals surface area contributed by atoms with Crippen LogP contribution in [0.25, 0.3) is 22.2 Å². The Kier molecular flexibility index (Phi) is 8.65. The van der Waals surface area contributed by atoms with Crippen LogP contribution in [0.3, 0.4) is 0 Å². The van der Waals surface area contributed by atoms with E-state index in [0.717, 1.165) is 97.9 Å². The standard InChI is InChI=1S/C32H46N8O2/c1-4-26-32(35-22-6-8-24(41)9-7-22)37-29-25(20-34-31(33)30(29)36-26)21-5-10-27(28(19-21)42-3)40-13-11-23(12-14-40)39-17-15-38(2)16-18-39/h5,10,19-20,22-24,41H,4,6-9,11-18H2,1-3H3,(H2,33,34)(H,35,37)/t22-,24-. The van der Waals surface area contributed by atoms with Crippen molar-refractivity contribution in [2.45, 2.75) is 70.1 Å². The van der Waals surface area contributed by atoms with Gasteiger partial charge in [0.2, 0.25) is 0 Å². The fraction of sp³-hybridized carbons (Fsp3) is 0.594. The highest BCUT2D eigenvalue weighted by molar-refractivity contribution is 5.97. The minimum atomic E-state index is -0.199. The lowest BCUT2D eigenvalue weighted by Crippen LogP contribution is -2.52. The molecule has 0 bridgehead atoms. The smallest absolute Gasteiger partial charge is 0.151 e. The number of nitrogens with two attached hydrogens (primary N) is 1. The number of piperidine rings is 1. The lowest BCUT2D eigenvalue weighted by molar-refractivity contribution is 0.0981. The van der Waals surface area contributed by atoms with Crippen molar-refractivity contribution in [2.24, 2.45) is 0 Å². The molecule has 0 spiro atoms. The number of piperazine rings is 1. The number of anilines is 3. The van der Waals surface area contributed by atoms with Crippen molar-refractivity contribution in [3.63, 3.8) is 0 Å². The molecule has 0 atom stereocenters. The van der Waals surface area contributed by atoms with Crippen LogP contribution in [-0.4, -0.2) is 101 Å². The predicted molar refractivity (Wildman–Crippen MR) is 169 cm³/mol. The van der Waals surface area contributed by atoms with Crippen LogP contribution in [0.2, 0.25) is 0 Å².